The van der Waals surface area contributed by atoms with Crippen LogP contribution in [0, 0.1) is 0 Å². The molecule has 3 aromatic rings. The SMILES string of the molecule is C[C@@H]1Cc2c([nH]c3ccc(Cl)cc23)[C@]2(N1)C(=O)Nc1ccc(Cl)cc12. The van der Waals surface area contributed by atoms with Crippen molar-refractivity contribution in [1.29, 1.82) is 0 Å². The van der Waals surface area contributed by atoms with Crippen molar-refractivity contribution in [3.63, 3.8) is 0 Å². The normalized spacial score (nSPS) is 24.4. The zero-order valence-electron chi connectivity index (χ0n) is 13.4. The van der Waals surface area contributed by atoms with Crippen LogP contribution in [0.25, 0.3) is 10.9 Å². The third kappa shape index (κ3) is 1.96. The summed E-state index contributed by atoms with van der Waals surface area (Å²) in [5, 5.41) is 8.88. The Labute approximate surface area is 154 Å². The largest absolute Gasteiger partial charge is 0.356 e. The van der Waals surface area contributed by atoms with E-state index in [4.69, 9.17) is 23.2 Å². The Morgan fingerprint density at radius 2 is 1.88 bits per heavy atom. The molecular weight excluding hydrogens is 357 g/mol. The van der Waals surface area contributed by atoms with E-state index in [0.717, 1.165) is 39.8 Å². The smallest absolute Gasteiger partial charge is 0.255 e. The summed E-state index contributed by atoms with van der Waals surface area (Å²) in [6.07, 6.45) is 0.820. The fraction of sp³-hybridized carbons (Fsp3) is 0.211. The second-order valence-corrected chi connectivity index (χ2v) is 7.68. The lowest BCUT2D eigenvalue weighted by atomic mass is 9.80. The average Bonchev–Trinajstić information content (AvgIpc) is 3.05. The molecule has 1 aromatic heterocycles. The van der Waals surface area contributed by atoms with Crippen LogP contribution in [0.4, 0.5) is 5.69 Å². The van der Waals surface area contributed by atoms with Crippen LogP contribution in [0.5, 0.6) is 0 Å². The molecule has 126 valence electrons. The minimum absolute atomic E-state index is 0.0878. The van der Waals surface area contributed by atoms with Crippen LogP contribution < -0.4 is 10.6 Å². The van der Waals surface area contributed by atoms with Gasteiger partial charge in [-0.3, -0.25) is 10.1 Å². The summed E-state index contributed by atoms with van der Waals surface area (Å²) in [6.45, 7) is 2.09. The number of carbonyl (C=O) groups excluding carboxylic acids is 1. The zero-order valence-corrected chi connectivity index (χ0v) is 14.9. The maximum atomic E-state index is 13.1. The van der Waals surface area contributed by atoms with E-state index >= 15 is 0 Å². The molecule has 2 aromatic carbocycles. The number of carbonyl (C=O) groups is 1. The van der Waals surface area contributed by atoms with Crippen molar-refractivity contribution < 1.29 is 4.79 Å². The van der Waals surface area contributed by atoms with Crippen LogP contribution in [0.3, 0.4) is 0 Å². The van der Waals surface area contributed by atoms with E-state index in [2.05, 4.69) is 22.5 Å². The predicted molar refractivity (Wildman–Crippen MR) is 100 cm³/mol. The van der Waals surface area contributed by atoms with Crippen molar-refractivity contribution >= 4 is 45.7 Å². The molecule has 2 aliphatic rings. The summed E-state index contributed by atoms with van der Waals surface area (Å²) in [6, 6.07) is 11.4. The van der Waals surface area contributed by atoms with Gasteiger partial charge in [-0.1, -0.05) is 23.2 Å². The molecule has 1 amide bonds. The van der Waals surface area contributed by atoms with Gasteiger partial charge in [0.1, 0.15) is 0 Å². The first-order chi connectivity index (χ1) is 12.0. The number of fused-ring (bicyclic) bond motifs is 6. The summed E-state index contributed by atoms with van der Waals surface area (Å²) in [5.74, 6) is -0.0878. The Morgan fingerprint density at radius 3 is 2.72 bits per heavy atom. The topological polar surface area (TPSA) is 56.9 Å². The van der Waals surface area contributed by atoms with Gasteiger partial charge >= 0.3 is 0 Å². The molecule has 4 nitrogen and oxygen atoms in total. The minimum atomic E-state index is -0.960. The lowest BCUT2D eigenvalue weighted by molar-refractivity contribution is -0.121. The highest BCUT2D eigenvalue weighted by Crippen LogP contribution is 2.47. The Morgan fingerprint density at radius 1 is 1.12 bits per heavy atom. The van der Waals surface area contributed by atoms with Crippen molar-refractivity contribution in [2.45, 2.75) is 24.9 Å². The van der Waals surface area contributed by atoms with Gasteiger partial charge in [-0.25, -0.2) is 0 Å². The Hall–Kier alpha value is -2.01. The Bertz CT molecular complexity index is 1060. The summed E-state index contributed by atoms with van der Waals surface area (Å²) in [4.78, 5) is 16.6. The van der Waals surface area contributed by atoms with Gasteiger partial charge in [0, 0.05) is 38.2 Å². The Balaban J connectivity index is 1.87. The highest BCUT2D eigenvalue weighted by Gasteiger charge is 2.53. The van der Waals surface area contributed by atoms with E-state index in [1.165, 1.54) is 0 Å². The van der Waals surface area contributed by atoms with Crippen molar-refractivity contribution in [2.75, 3.05) is 5.32 Å². The lowest BCUT2D eigenvalue weighted by Gasteiger charge is -2.37. The maximum Gasteiger partial charge on any atom is 0.255 e. The molecule has 0 fully saturated rings. The average molecular weight is 372 g/mol. The van der Waals surface area contributed by atoms with Crippen molar-refractivity contribution in [2.24, 2.45) is 0 Å². The highest BCUT2D eigenvalue weighted by molar-refractivity contribution is 6.31. The van der Waals surface area contributed by atoms with Gasteiger partial charge in [0.25, 0.3) is 5.91 Å². The number of halogens is 2. The molecular formula is C19H15Cl2N3O. The monoisotopic (exact) mass is 371 g/mol. The van der Waals surface area contributed by atoms with Gasteiger partial charge in [-0.2, -0.15) is 0 Å². The number of aromatic amines is 1. The van der Waals surface area contributed by atoms with Crippen LogP contribution in [-0.4, -0.2) is 16.9 Å². The quantitative estimate of drug-likeness (QED) is 0.554. The molecule has 0 bridgehead atoms. The summed E-state index contributed by atoms with van der Waals surface area (Å²) in [5.41, 5.74) is 3.67. The van der Waals surface area contributed by atoms with Crippen LogP contribution >= 0.6 is 23.2 Å². The predicted octanol–water partition coefficient (Wildman–Crippen LogP) is 4.20. The number of benzene rings is 2. The molecule has 0 aliphatic carbocycles. The first-order valence-electron chi connectivity index (χ1n) is 8.19. The molecule has 0 saturated carbocycles. The third-order valence-electron chi connectivity index (χ3n) is 5.19. The van der Waals surface area contributed by atoms with E-state index < -0.39 is 5.54 Å². The van der Waals surface area contributed by atoms with Gasteiger partial charge in [0.05, 0.1) is 5.69 Å². The van der Waals surface area contributed by atoms with Gasteiger partial charge in [-0.05, 0) is 55.3 Å². The molecule has 0 radical (unpaired) electrons. The van der Waals surface area contributed by atoms with Crippen molar-refractivity contribution in [3.8, 4) is 0 Å². The maximum absolute atomic E-state index is 13.1. The molecule has 5 rings (SSSR count). The zero-order chi connectivity index (χ0) is 17.3. The van der Waals surface area contributed by atoms with Gasteiger partial charge < -0.3 is 10.3 Å². The molecule has 6 heteroatoms. The third-order valence-corrected chi connectivity index (χ3v) is 5.66. The van der Waals surface area contributed by atoms with Gasteiger partial charge in [0.2, 0.25) is 0 Å². The molecule has 3 heterocycles. The van der Waals surface area contributed by atoms with E-state index in [-0.39, 0.29) is 11.9 Å². The first-order valence-corrected chi connectivity index (χ1v) is 8.94. The molecule has 0 unspecified atom stereocenters. The van der Waals surface area contributed by atoms with Crippen LogP contribution in [0.1, 0.15) is 23.7 Å². The first kappa shape index (κ1) is 15.3. The Kier molecular flexibility index (Phi) is 3.06. The molecule has 25 heavy (non-hydrogen) atoms. The van der Waals surface area contributed by atoms with Gasteiger partial charge in [-0.15, -0.1) is 0 Å². The summed E-state index contributed by atoms with van der Waals surface area (Å²) >= 11 is 12.5. The van der Waals surface area contributed by atoms with Crippen molar-refractivity contribution in [1.82, 2.24) is 10.3 Å². The fourth-order valence-corrected chi connectivity index (χ4v) is 4.56. The fourth-order valence-electron chi connectivity index (χ4n) is 4.22. The molecule has 1 spiro atoms. The van der Waals surface area contributed by atoms with Crippen LogP contribution in [-0.2, 0) is 16.8 Å². The number of H-pyrrole nitrogens is 1. The second-order valence-electron chi connectivity index (χ2n) is 6.81. The van der Waals surface area contributed by atoms with E-state index in [0.29, 0.717) is 10.0 Å². The van der Waals surface area contributed by atoms with E-state index in [1.807, 2.05) is 30.3 Å². The van der Waals surface area contributed by atoms with E-state index in [9.17, 15) is 4.79 Å². The number of anilines is 1. The number of hydrogen-bond acceptors (Lipinski definition) is 2. The second kappa shape index (κ2) is 5.01. The van der Waals surface area contributed by atoms with Crippen LogP contribution in [0.2, 0.25) is 10.0 Å². The van der Waals surface area contributed by atoms with E-state index in [1.54, 1.807) is 6.07 Å². The molecule has 3 N–H and O–H groups in total. The highest BCUT2D eigenvalue weighted by atomic mass is 35.5. The lowest BCUT2D eigenvalue weighted by Crippen LogP contribution is -2.56. The van der Waals surface area contributed by atoms with Gasteiger partial charge in [0.15, 0.2) is 5.54 Å². The number of nitrogens with one attached hydrogen (secondary N) is 3. The molecule has 2 atom stereocenters. The van der Waals surface area contributed by atoms with Crippen LogP contribution in [0.15, 0.2) is 36.4 Å². The number of hydrogen-bond donors (Lipinski definition) is 3. The number of rotatable bonds is 0. The van der Waals surface area contributed by atoms with Crippen molar-refractivity contribution in [3.05, 3.63) is 63.3 Å². The standard InChI is InChI=1S/C19H15Cl2N3O/c1-9-6-13-12-7-10(20)2-4-15(12)22-17(13)19(24-9)14-8-11(21)3-5-16(14)23-18(19)25/h2-5,7-9,22,24H,6H2,1H3,(H,23,25)/t9-,19+/m1/s1. The number of amides is 1. The minimum Gasteiger partial charge on any atom is -0.356 e. The number of aromatic nitrogens is 1. The summed E-state index contributed by atoms with van der Waals surface area (Å²) in [7, 11) is 0. The molecule has 2 aliphatic heterocycles. The summed E-state index contributed by atoms with van der Waals surface area (Å²) < 4.78 is 0. The molecule has 0 saturated heterocycles.